The number of benzene rings is 1. The molecule has 20 heavy (non-hydrogen) atoms. The number of methoxy groups -OCH3 is 2. The van der Waals surface area contributed by atoms with Crippen LogP contribution in [0.3, 0.4) is 0 Å². The maximum Gasteiger partial charge on any atom is 0.183 e. The number of carbonyl (C=O) groups excluding carboxylic acids is 1. The zero-order chi connectivity index (χ0) is 15.5. The van der Waals surface area contributed by atoms with Gasteiger partial charge in [0.25, 0.3) is 0 Å². The summed E-state index contributed by atoms with van der Waals surface area (Å²) in [6, 6.07) is 0.829. The Morgan fingerprint density at radius 2 is 1.85 bits per heavy atom. The molecule has 0 saturated carbocycles. The van der Waals surface area contributed by atoms with E-state index in [0.717, 1.165) is 12.3 Å². The van der Waals surface area contributed by atoms with E-state index in [9.17, 15) is 17.6 Å². The Bertz CT molecular complexity index is 627. The number of sulfone groups is 1. The summed E-state index contributed by atoms with van der Waals surface area (Å²) in [5.74, 6) is -1.96. The third-order valence-corrected chi connectivity index (χ3v) is 3.72. The second-order valence-corrected chi connectivity index (χ2v) is 5.99. The molecule has 8 heteroatoms. The van der Waals surface area contributed by atoms with Crippen LogP contribution in [0.25, 0.3) is 0 Å². The summed E-state index contributed by atoms with van der Waals surface area (Å²) < 4.78 is 47.2. The lowest BCUT2D eigenvalue weighted by molar-refractivity contribution is 0.0981. The molecule has 112 valence electrons. The van der Waals surface area contributed by atoms with Gasteiger partial charge in [0.2, 0.25) is 0 Å². The zero-order valence-corrected chi connectivity index (χ0v) is 12.2. The quantitative estimate of drug-likeness (QED) is 0.780. The highest BCUT2D eigenvalue weighted by molar-refractivity contribution is 7.90. The molecule has 2 N–H and O–H groups in total. The molecular formula is C12H16FNO5S. The fraction of sp³-hybridized carbons (Fsp3) is 0.417. The van der Waals surface area contributed by atoms with Crippen LogP contribution in [0, 0.1) is 5.82 Å². The van der Waals surface area contributed by atoms with Crippen molar-refractivity contribution in [3.05, 3.63) is 17.4 Å². The fourth-order valence-electron chi connectivity index (χ4n) is 1.80. The number of rotatable bonds is 6. The first-order valence-electron chi connectivity index (χ1n) is 5.65. The number of hydrogen-bond donors (Lipinski definition) is 1. The van der Waals surface area contributed by atoms with Crippen LogP contribution in [0.2, 0.25) is 0 Å². The summed E-state index contributed by atoms with van der Waals surface area (Å²) in [7, 11) is -1.47. The van der Waals surface area contributed by atoms with Crippen molar-refractivity contribution >= 4 is 15.6 Å². The molecule has 1 rings (SSSR count). The summed E-state index contributed by atoms with van der Waals surface area (Å²) in [5.41, 5.74) is 5.19. The molecule has 0 radical (unpaired) electrons. The van der Waals surface area contributed by atoms with Crippen molar-refractivity contribution < 1.29 is 27.1 Å². The van der Waals surface area contributed by atoms with E-state index in [4.69, 9.17) is 15.2 Å². The molecule has 0 amide bonds. The number of Topliss-reactive ketones (excluding diaryl/α,β-unsaturated/α-hetero) is 1. The van der Waals surface area contributed by atoms with Gasteiger partial charge in [-0.3, -0.25) is 4.79 Å². The van der Waals surface area contributed by atoms with Crippen LogP contribution in [-0.2, 0) is 9.84 Å². The third-order valence-electron chi connectivity index (χ3n) is 2.60. The molecule has 0 bridgehead atoms. The molecule has 0 unspecified atom stereocenters. The molecule has 0 saturated heterocycles. The van der Waals surface area contributed by atoms with Crippen molar-refractivity contribution in [2.45, 2.75) is 11.3 Å². The van der Waals surface area contributed by atoms with Gasteiger partial charge in [-0.05, 0) is 12.6 Å². The van der Waals surface area contributed by atoms with E-state index < -0.39 is 26.3 Å². The number of ether oxygens (including phenoxy) is 2. The van der Waals surface area contributed by atoms with Gasteiger partial charge in [-0.2, -0.15) is 0 Å². The van der Waals surface area contributed by atoms with Crippen molar-refractivity contribution in [1.82, 2.24) is 0 Å². The molecule has 1 aromatic rings. The highest BCUT2D eigenvalue weighted by atomic mass is 32.2. The van der Waals surface area contributed by atoms with Crippen LogP contribution in [0.5, 0.6) is 11.5 Å². The first-order chi connectivity index (χ1) is 9.27. The molecule has 0 heterocycles. The molecule has 0 atom stereocenters. The lowest BCUT2D eigenvalue weighted by atomic mass is 10.1. The predicted octanol–water partition coefficient (Wildman–Crippen LogP) is 0.778. The van der Waals surface area contributed by atoms with E-state index in [1.54, 1.807) is 0 Å². The monoisotopic (exact) mass is 305 g/mol. The maximum atomic E-state index is 14.0. The Morgan fingerprint density at radius 3 is 2.25 bits per heavy atom. The van der Waals surface area contributed by atoms with Crippen molar-refractivity contribution in [2.75, 3.05) is 27.0 Å². The average Bonchev–Trinajstić information content (AvgIpc) is 2.35. The fourth-order valence-corrected chi connectivity index (χ4v) is 2.72. The Labute approximate surface area is 116 Å². The highest BCUT2D eigenvalue weighted by Crippen LogP contribution is 2.39. The third kappa shape index (κ3) is 3.07. The lowest BCUT2D eigenvalue weighted by Crippen LogP contribution is -2.13. The largest absolute Gasteiger partial charge is 0.492 e. The molecule has 0 spiro atoms. The van der Waals surface area contributed by atoms with Gasteiger partial charge in [-0.15, -0.1) is 0 Å². The molecule has 0 aliphatic rings. The average molecular weight is 305 g/mol. The molecule has 6 nitrogen and oxygen atoms in total. The molecule has 0 aliphatic heterocycles. The second kappa shape index (κ2) is 6.19. The minimum absolute atomic E-state index is 0.0167. The number of ketones is 1. The van der Waals surface area contributed by atoms with Gasteiger partial charge in [0.1, 0.15) is 10.7 Å². The van der Waals surface area contributed by atoms with E-state index in [2.05, 4.69) is 0 Å². The highest BCUT2D eigenvalue weighted by Gasteiger charge is 2.28. The maximum absolute atomic E-state index is 14.0. The summed E-state index contributed by atoms with van der Waals surface area (Å²) in [4.78, 5) is 11.2. The Hall–Kier alpha value is -1.67. The molecule has 0 aromatic heterocycles. The van der Waals surface area contributed by atoms with E-state index >= 15 is 0 Å². The van der Waals surface area contributed by atoms with E-state index in [1.807, 2.05) is 0 Å². The normalized spacial score (nSPS) is 11.2. The zero-order valence-electron chi connectivity index (χ0n) is 11.4. The first kappa shape index (κ1) is 16.4. The predicted molar refractivity (Wildman–Crippen MR) is 70.6 cm³/mol. The van der Waals surface area contributed by atoms with Crippen LogP contribution >= 0.6 is 0 Å². The van der Waals surface area contributed by atoms with Gasteiger partial charge < -0.3 is 15.2 Å². The van der Waals surface area contributed by atoms with Crippen LogP contribution in [0.4, 0.5) is 4.39 Å². The Balaban J connectivity index is 3.69. The SMILES string of the molecule is COc1c(C(=O)CCN)cc(F)c(S(C)(=O)=O)c1OC. The van der Waals surface area contributed by atoms with E-state index in [0.29, 0.717) is 0 Å². The van der Waals surface area contributed by atoms with Crippen molar-refractivity contribution in [3.63, 3.8) is 0 Å². The standard InChI is InChI=1S/C12H16FNO5S/c1-18-10-7(9(15)4-5-14)6-8(13)12(11(10)19-2)20(3,16)17/h6H,4-5,14H2,1-3H3. The van der Waals surface area contributed by atoms with Gasteiger partial charge in [-0.25, -0.2) is 12.8 Å². The molecular weight excluding hydrogens is 289 g/mol. The smallest absolute Gasteiger partial charge is 0.183 e. The number of nitrogens with two attached hydrogens (primary N) is 1. The van der Waals surface area contributed by atoms with Crippen LogP contribution in [0.1, 0.15) is 16.8 Å². The van der Waals surface area contributed by atoms with Gasteiger partial charge in [0.15, 0.2) is 27.1 Å². The van der Waals surface area contributed by atoms with Crippen molar-refractivity contribution in [3.8, 4) is 11.5 Å². The minimum Gasteiger partial charge on any atom is -0.492 e. The lowest BCUT2D eigenvalue weighted by Gasteiger charge is -2.15. The van der Waals surface area contributed by atoms with Crippen molar-refractivity contribution in [2.24, 2.45) is 5.73 Å². The van der Waals surface area contributed by atoms with Crippen LogP contribution < -0.4 is 15.2 Å². The Kier molecular flexibility index (Phi) is 5.07. The van der Waals surface area contributed by atoms with E-state index in [1.165, 1.54) is 14.2 Å². The van der Waals surface area contributed by atoms with Crippen molar-refractivity contribution in [1.29, 1.82) is 0 Å². The number of halogens is 1. The summed E-state index contributed by atoms with van der Waals surface area (Å²) >= 11 is 0. The Morgan fingerprint density at radius 1 is 1.30 bits per heavy atom. The van der Waals surface area contributed by atoms with Gasteiger partial charge in [-0.1, -0.05) is 0 Å². The molecule has 1 aromatic carbocycles. The second-order valence-electron chi connectivity index (χ2n) is 4.04. The summed E-state index contributed by atoms with van der Waals surface area (Å²) in [6.45, 7) is 0.0831. The molecule has 0 aliphatic carbocycles. The minimum atomic E-state index is -3.88. The first-order valence-corrected chi connectivity index (χ1v) is 7.54. The summed E-state index contributed by atoms with van der Waals surface area (Å²) in [5, 5.41) is 0. The van der Waals surface area contributed by atoms with Crippen LogP contribution in [0.15, 0.2) is 11.0 Å². The number of carbonyl (C=O) groups is 1. The van der Waals surface area contributed by atoms with Gasteiger partial charge in [0, 0.05) is 12.7 Å². The number of hydrogen-bond acceptors (Lipinski definition) is 6. The van der Waals surface area contributed by atoms with Gasteiger partial charge >= 0.3 is 0 Å². The molecule has 0 fully saturated rings. The van der Waals surface area contributed by atoms with E-state index in [-0.39, 0.29) is 30.0 Å². The summed E-state index contributed by atoms with van der Waals surface area (Å²) in [6.07, 6.45) is 0.825. The topological polar surface area (TPSA) is 95.7 Å². The van der Waals surface area contributed by atoms with Crippen LogP contribution in [-0.4, -0.2) is 41.2 Å². The van der Waals surface area contributed by atoms with Gasteiger partial charge in [0.05, 0.1) is 19.8 Å².